The lowest BCUT2D eigenvalue weighted by molar-refractivity contribution is -0.190. The molecule has 0 aromatic heterocycles. The number of nitrogens with zero attached hydrogens (tertiary/aromatic N) is 3. The fraction of sp³-hybridized carbons (Fsp3) is 0.556. The Bertz CT molecular complexity index is 722. The number of benzene rings is 1. The van der Waals surface area contributed by atoms with E-state index in [1.807, 2.05) is 30.3 Å². The molecular weight excluding hydrogens is 389 g/mol. The standard InChI is InChI=1S/C18H22FN3O5S/c1-11(23)25-10-15-18(26-12(2)24)14(22-16(19)9-20-21-22)8-17(27-15)28-13-6-4-3-5-7-13/h3-7,14-18H,8-10H2,1-2H3/t14-,15-,16?,17-,18-/m1/s1. The molecule has 0 amide bonds. The molecule has 0 radical (unpaired) electrons. The van der Waals surface area contributed by atoms with Gasteiger partial charge in [-0.15, -0.1) is 0 Å². The molecule has 0 spiro atoms. The summed E-state index contributed by atoms with van der Waals surface area (Å²) in [6.45, 7) is 2.36. The molecule has 152 valence electrons. The zero-order chi connectivity index (χ0) is 20.1. The maximum absolute atomic E-state index is 14.3. The van der Waals surface area contributed by atoms with Crippen LogP contribution in [-0.4, -0.2) is 60.1 Å². The Hall–Kier alpha value is -2.20. The van der Waals surface area contributed by atoms with Gasteiger partial charge in [0.25, 0.3) is 0 Å². The molecular formula is C18H22FN3O5S. The number of esters is 2. The van der Waals surface area contributed by atoms with Crippen LogP contribution in [0.5, 0.6) is 0 Å². The first-order valence-electron chi connectivity index (χ1n) is 8.91. The maximum atomic E-state index is 14.3. The third-order valence-electron chi connectivity index (χ3n) is 4.30. The average molecular weight is 411 g/mol. The minimum absolute atomic E-state index is 0.0742. The number of rotatable bonds is 6. The van der Waals surface area contributed by atoms with Crippen molar-refractivity contribution in [3.8, 4) is 0 Å². The molecule has 0 N–H and O–H groups in total. The fourth-order valence-electron chi connectivity index (χ4n) is 3.16. The molecule has 0 saturated carbocycles. The van der Waals surface area contributed by atoms with Crippen LogP contribution in [0.2, 0.25) is 0 Å². The van der Waals surface area contributed by atoms with Gasteiger partial charge in [-0.05, 0) is 12.1 Å². The van der Waals surface area contributed by atoms with Crippen molar-refractivity contribution in [1.29, 1.82) is 0 Å². The van der Waals surface area contributed by atoms with E-state index in [0.717, 1.165) is 4.90 Å². The van der Waals surface area contributed by atoms with Gasteiger partial charge in [0, 0.05) is 25.2 Å². The first-order valence-corrected chi connectivity index (χ1v) is 9.79. The van der Waals surface area contributed by atoms with E-state index in [0.29, 0.717) is 6.42 Å². The van der Waals surface area contributed by atoms with E-state index < -0.39 is 36.5 Å². The van der Waals surface area contributed by atoms with Gasteiger partial charge in [-0.25, -0.2) is 9.40 Å². The number of alkyl halides is 1. The van der Waals surface area contributed by atoms with E-state index in [-0.39, 0.29) is 18.6 Å². The molecule has 3 rings (SSSR count). The molecule has 10 heteroatoms. The van der Waals surface area contributed by atoms with Crippen LogP contribution in [-0.2, 0) is 23.8 Å². The molecule has 2 heterocycles. The normalized spacial score (nSPS) is 29.5. The summed E-state index contributed by atoms with van der Waals surface area (Å²) in [6.07, 6.45) is -2.65. The zero-order valence-electron chi connectivity index (χ0n) is 15.6. The number of thioether (sulfide) groups is 1. The molecule has 1 saturated heterocycles. The van der Waals surface area contributed by atoms with E-state index in [9.17, 15) is 14.0 Å². The van der Waals surface area contributed by atoms with Crippen LogP contribution in [0.3, 0.4) is 0 Å². The van der Waals surface area contributed by atoms with Gasteiger partial charge in [0.05, 0.1) is 6.04 Å². The Balaban J connectivity index is 1.83. The summed E-state index contributed by atoms with van der Waals surface area (Å²) in [5.74, 6) is -1.02. The van der Waals surface area contributed by atoms with Gasteiger partial charge >= 0.3 is 11.9 Å². The van der Waals surface area contributed by atoms with Crippen LogP contribution >= 0.6 is 11.8 Å². The second kappa shape index (κ2) is 9.33. The number of ether oxygens (including phenoxy) is 3. The molecule has 2 aliphatic rings. The summed E-state index contributed by atoms with van der Waals surface area (Å²) >= 11 is 1.46. The van der Waals surface area contributed by atoms with Gasteiger partial charge < -0.3 is 14.2 Å². The van der Waals surface area contributed by atoms with Crippen LogP contribution in [0.15, 0.2) is 45.6 Å². The topological polar surface area (TPSA) is 89.8 Å². The molecule has 1 unspecified atom stereocenters. The summed E-state index contributed by atoms with van der Waals surface area (Å²) in [6, 6.07) is 9.01. The second-order valence-electron chi connectivity index (χ2n) is 6.44. The molecule has 2 aliphatic heterocycles. The number of carbonyl (C=O) groups excluding carboxylic acids is 2. The van der Waals surface area contributed by atoms with E-state index in [1.165, 1.54) is 30.6 Å². The highest BCUT2D eigenvalue weighted by molar-refractivity contribution is 7.99. The second-order valence-corrected chi connectivity index (χ2v) is 7.68. The number of hydrogen-bond acceptors (Lipinski definition) is 9. The first-order chi connectivity index (χ1) is 13.4. The van der Waals surface area contributed by atoms with Crippen LogP contribution in [0.25, 0.3) is 0 Å². The van der Waals surface area contributed by atoms with Crippen molar-refractivity contribution in [2.45, 2.75) is 55.1 Å². The Kier molecular flexibility index (Phi) is 6.84. The van der Waals surface area contributed by atoms with Gasteiger partial charge in [0.2, 0.25) is 6.30 Å². The maximum Gasteiger partial charge on any atom is 0.303 e. The van der Waals surface area contributed by atoms with Crippen molar-refractivity contribution < 1.29 is 28.2 Å². The van der Waals surface area contributed by atoms with Gasteiger partial charge in [-0.1, -0.05) is 35.2 Å². The van der Waals surface area contributed by atoms with E-state index >= 15 is 0 Å². The van der Waals surface area contributed by atoms with Crippen molar-refractivity contribution in [2.75, 3.05) is 13.2 Å². The smallest absolute Gasteiger partial charge is 0.303 e. The van der Waals surface area contributed by atoms with Gasteiger partial charge in [-0.3, -0.25) is 9.59 Å². The van der Waals surface area contributed by atoms with Gasteiger partial charge in [0.15, 0.2) is 6.10 Å². The molecule has 0 bridgehead atoms. The number of carbonyl (C=O) groups is 2. The summed E-state index contributed by atoms with van der Waals surface area (Å²) in [5.41, 5.74) is -0.372. The summed E-state index contributed by atoms with van der Waals surface area (Å²) in [7, 11) is 0. The predicted octanol–water partition coefficient (Wildman–Crippen LogP) is 2.74. The van der Waals surface area contributed by atoms with Crippen LogP contribution in [0.4, 0.5) is 4.39 Å². The van der Waals surface area contributed by atoms with Crippen molar-refractivity contribution in [3.05, 3.63) is 30.3 Å². The zero-order valence-corrected chi connectivity index (χ0v) is 16.4. The van der Waals surface area contributed by atoms with Crippen molar-refractivity contribution in [3.63, 3.8) is 0 Å². The molecule has 1 aromatic rings. The van der Waals surface area contributed by atoms with Gasteiger partial charge in [-0.2, -0.15) is 5.11 Å². The number of halogens is 1. The van der Waals surface area contributed by atoms with Crippen LogP contribution in [0, 0.1) is 0 Å². The van der Waals surface area contributed by atoms with Crippen LogP contribution < -0.4 is 0 Å². The quantitative estimate of drug-likeness (QED) is 0.525. The monoisotopic (exact) mass is 411 g/mol. The third-order valence-corrected chi connectivity index (χ3v) is 5.41. The summed E-state index contributed by atoms with van der Waals surface area (Å²) in [4.78, 5) is 23.9. The summed E-state index contributed by atoms with van der Waals surface area (Å²) in [5, 5.41) is 8.85. The van der Waals surface area contributed by atoms with Crippen molar-refractivity contribution in [2.24, 2.45) is 10.3 Å². The lowest BCUT2D eigenvalue weighted by Crippen LogP contribution is -2.57. The minimum atomic E-state index is -1.40. The van der Waals surface area contributed by atoms with E-state index in [1.54, 1.807) is 0 Å². The Labute approximate surface area is 166 Å². The molecule has 0 aliphatic carbocycles. The SMILES string of the molecule is CC(=O)OC[C@H]1O[C@H](Sc2ccccc2)C[C@@H](N2N=NCC2F)[C@H]1OC(C)=O. The Morgan fingerprint density at radius 1 is 1.29 bits per heavy atom. The minimum Gasteiger partial charge on any atom is -0.463 e. The Morgan fingerprint density at radius 2 is 2.04 bits per heavy atom. The molecule has 28 heavy (non-hydrogen) atoms. The average Bonchev–Trinajstić information content (AvgIpc) is 3.07. The fourth-order valence-corrected chi connectivity index (χ4v) is 4.27. The molecule has 5 atom stereocenters. The van der Waals surface area contributed by atoms with Gasteiger partial charge in [0.1, 0.15) is 24.7 Å². The Morgan fingerprint density at radius 3 is 2.64 bits per heavy atom. The lowest BCUT2D eigenvalue weighted by Gasteiger charge is -2.43. The highest BCUT2D eigenvalue weighted by Gasteiger charge is 2.47. The molecule has 1 fully saturated rings. The van der Waals surface area contributed by atoms with Crippen molar-refractivity contribution in [1.82, 2.24) is 5.01 Å². The predicted molar refractivity (Wildman–Crippen MR) is 98.0 cm³/mol. The first kappa shape index (κ1) is 20.5. The highest BCUT2D eigenvalue weighted by atomic mass is 32.2. The molecule has 1 aromatic carbocycles. The lowest BCUT2D eigenvalue weighted by atomic mass is 9.98. The summed E-state index contributed by atoms with van der Waals surface area (Å²) < 4.78 is 30.9. The van der Waals surface area contributed by atoms with Crippen molar-refractivity contribution >= 4 is 23.7 Å². The largest absolute Gasteiger partial charge is 0.463 e. The number of hydrogen-bond donors (Lipinski definition) is 0. The third kappa shape index (κ3) is 5.20. The highest BCUT2D eigenvalue weighted by Crippen LogP contribution is 2.37. The van der Waals surface area contributed by atoms with Crippen LogP contribution in [0.1, 0.15) is 20.3 Å². The van der Waals surface area contributed by atoms with E-state index in [4.69, 9.17) is 14.2 Å². The molecule has 8 nitrogen and oxygen atoms in total. The van der Waals surface area contributed by atoms with E-state index in [2.05, 4.69) is 10.3 Å².